The van der Waals surface area contributed by atoms with E-state index in [4.69, 9.17) is 0 Å². The molecular formula is C25H22N2O2S. The third-order valence-electron chi connectivity index (χ3n) is 6.02. The fourth-order valence-electron chi connectivity index (χ4n) is 4.37. The number of nitrogens with zero attached hydrogens (tertiary/aromatic N) is 2. The summed E-state index contributed by atoms with van der Waals surface area (Å²) in [6.45, 7) is 4.68. The van der Waals surface area contributed by atoms with E-state index in [1.54, 1.807) is 0 Å². The van der Waals surface area contributed by atoms with E-state index in [0.717, 1.165) is 41.1 Å². The molecule has 4 nitrogen and oxygen atoms in total. The van der Waals surface area contributed by atoms with Crippen LogP contribution in [0.5, 0.6) is 0 Å². The molecule has 0 radical (unpaired) electrons. The summed E-state index contributed by atoms with van der Waals surface area (Å²) < 4.78 is 0. The zero-order valence-electron chi connectivity index (χ0n) is 17.0. The van der Waals surface area contributed by atoms with Gasteiger partial charge in [0.25, 0.3) is 11.8 Å². The first-order valence-corrected chi connectivity index (χ1v) is 11.0. The number of aryl methyl sites for hydroxylation is 2. The lowest BCUT2D eigenvalue weighted by atomic mass is 10.00. The van der Waals surface area contributed by atoms with Gasteiger partial charge in [-0.3, -0.25) is 9.59 Å². The van der Waals surface area contributed by atoms with E-state index < -0.39 is 0 Å². The van der Waals surface area contributed by atoms with Crippen LogP contribution in [0.1, 0.15) is 28.0 Å². The Balaban J connectivity index is 1.70. The van der Waals surface area contributed by atoms with Gasteiger partial charge >= 0.3 is 0 Å². The zero-order valence-corrected chi connectivity index (χ0v) is 17.8. The summed E-state index contributed by atoms with van der Waals surface area (Å²) in [7, 11) is 0. The molecule has 2 aliphatic heterocycles. The molecule has 0 bridgehead atoms. The average molecular weight is 415 g/mol. The molecule has 1 aromatic heterocycles. The highest BCUT2D eigenvalue weighted by atomic mass is 32.1. The fraction of sp³-hybridized carbons (Fsp3) is 0.200. The maximum Gasteiger partial charge on any atom is 0.282 e. The Morgan fingerprint density at radius 3 is 2.47 bits per heavy atom. The summed E-state index contributed by atoms with van der Waals surface area (Å²) in [5.74, 6) is -0.483. The van der Waals surface area contributed by atoms with Crippen LogP contribution in [0.15, 0.2) is 65.7 Å². The van der Waals surface area contributed by atoms with Crippen molar-refractivity contribution in [3.8, 4) is 0 Å². The molecule has 150 valence electrons. The molecule has 3 heterocycles. The molecule has 3 aromatic rings. The summed E-state index contributed by atoms with van der Waals surface area (Å²) >= 11 is 1.50. The summed E-state index contributed by atoms with van der Waals surface area (Å²) in [4.78, 5) is 31.7. The van der Waals surface area contributed by atoms with Gasteiger partial charge in [-0.15, -0.1) is 11.3 Å². The smallest absolute Gasteiger partial charge is 0.282 e. The van der Waals surface area contributed by atoms with Gasteiger partial charge in [-0.2, -0.15) is 0 Å². The standard InChI is InChI=1S/C25H22N2O2S/c1-16-8-5-12-19(17(16)2)27-24(28)22(21-13-7-15-30-21)23(25(27)29)26-14-6-10-18-9-3-4-11-20(18)26/h3-5,7-9,11-13,15H,6,10,14H2,1-2H3. The second-order valence-electron chi connectivity index (χ2n) is 7.75. The Kier molecular flexibility index (Phi) is 4.55. The fourth-order valence-corrected chi connectivity index (χ4v) is 5.14. The molecule has 5 rings (SSSR count). The van der Waals surface area contributed by atoms with E-state index in [1.165, 1.54) is 21.8 Å². The number of carbonyl (C=O) groups excluding carboxylic acids is 2. The Morgan fingerprint density at radius 1 is 0.867 bits per heavy atom. The Hall–Kier alpha value is -3.18. The topological polar surface area (TPSA) is 40.6 Å². The van der Waals surface area contributed by atoms with Crippen LogP contribution in [-0.4, -0.2) is 18.4 Å². The first-order valence-electron chi connectivity index (χ1n) is 10.2. The third kappa shape index (κ3) is 2.81. The highest BCUT2D eigenvalue weighted by molar-refractivity contribution is 7.11. The molecule has 0 spiro atoms. The third-order valence-corrected chi connectivity index (χ3v) is 6.91. The van der Waals surface area contributed by atoms with Crippen molar-refractivity contribution in [2.24, 2.45) is 0 Å². The van der Waals surface area contributed by atoms with E-state index in [-0.39, 0.29) is 11.8 Å². The molecule has 0 aliphatic carbocycles. The molecule has 0 atom stereocenters. The predicted molar refractivity (Wildman–Crippen MR) is 122 cm³/mol. The van der Waals surface area contributed by atoms with Crippen molar-refractivity contribution in [2.45, 2.75) is 26.7 Å². The SMILES string of the molecule is Cc1cccc(N2C(=O)C(c3cccs3)=C(N3CCCc4ccccc43)C2=O)c1C. The van der Waals surface area contributed by atoms with Gasteiger partial charge < -0.3 is 4.90 Å². The number of fused-ring (bicyclic) bond motifs is 1. The Bertz CT molecular complexity index is 1190. The van der Waals surface area contributed by atoms with Gasteiger partial charge in [0.15, 0.2) is 0 Å². The Morgan fingerprint density at radius 2 is 1.67 bits per heavy atom. The summed E-state index contributed by atoms with van der Waals surface area (Å²) in [5.41, 5.74) is 5.92. The highest BCUT2D eigenvalue weighted by Crippen LogP contribution is 2.41. The number of rotatable bonds is 3. The molecule has 2 aliphatic rings. The second kappa shape index (κ2) is 7.26. The molecule has 0 N–H and O–H groups in total. The van der Waals surface area contributed by atoms with E-state index in [1.807, 2.05) is 67.8 Å². The highest BCUT2D eigenvalue weighted by Gasteiger charge is 2.44. The van der Waals surface area contributed by atoms with Gasteiger partial charge in [0.2, 0.25) is 0 Å². The minimum absolute atomic E-state index is 0.241. The maximum absolute atomic E-state index is 13.8. The number of para-hydroxylation sites is 1. The maximum atomic E-state index is 13.8. The van der Waals surface area contributed by atoms with Crippen LogP contribution >= 0.6 is 11.3 Å². The minimum Gasteiger partial charge on any atom is -0.336 e. The molecule has 5 heteroatoms. The average Bonchev–Trinajstić information content (AvgIpc) is 3.36. The second-order valence-corrected chi connectivity index (χ2v) is 8.70. The van der Waals surface area contributed by atoms with E-state index in [0.29, 0.717) is 17.0 Å². The van der Waals surface area contributed by atoms with Crippen LogP contribution in [-0.2, 0) is 16.0 Å². The van der Waals surface area contributed by atoms with Crippen LogP contribution in [0, 0.1) is 13.8 Å². The quantitative estimate of drug-likeness (QED) is 0.560. The van der Waals surface area contributed by atoms with Crippen molar-refractivity contribution in [1.29, 1.82) is 0 Å². The molecular weight excluding hydrogens is 392 g/mol. The first-order chi connectivity index (χ1) is 14.6. The molecule has 0 saturated carbocycles. The molecule has 0 fully saturated rings. The number of hydrogen-bond acceptors (Lipinski definition) is 4. The number of thiophene rings is 1. The van der Waals surface area contributed by atoms with Gasteiger partial charge in [-0.1, -0.05) is 36.4 Å². The first kappa shape index (κ1) is 18.8. The van der Waals surface area contributed by atoms with Crippen molar-refractivity contribution in [1.82, 2.24) is 0 Å². The number of hydrogen-bond donors (Lipinski definition) is 0. The lowest BCUT2D eigenvalue weighted by Gasteiger charge is -2.32. The largest absolute Gasteiger partial charge is 0.336 e. The van der Waals surface area contributed by atoms with Crippen LogP contribution in [0.2, 0.25) is 0 Å². The van der Waals surface area contributed by atoms with E-state index >= 15 is 0 Å². The summed E-state index contributed by atoms with van der Waals surface area (Å²) in [6, 6.07) is 17.8. The zero-order chi connectivity index (χ0) is 20.8. The number of anilines is 2. The molecule has 2 amide bonds. The number of carbonyl (C=O) groups is 2. The van der Waals surface area contributed by atoms with E-state index in [2.05, 4.69) is 11.0 Å². The van der Waals surface area contributed by atoms with Gasteiger partial charge in [0, 0.05) is 17.1 Å². The predicted octanol–water partition coefficient (Wildman–Crippen LogP) is 5.10. The normalized spacial score (nSPS) is 16.5. The van der Waals surface area contributed by atoms with Crippen LogP contribution in [0.4, 0.5) is 11.4 Å². The van der Waals surface area contributed by atoms with Gasteiger partial charge in [-0.05, 0) is 67.0 Å². The van der Waals surface area contributed by atoms with Gasteiger partial charge in [0.05, 0.1) is 11.3 Å². The minimum atomic E-state index is -0.242. The lowest BCUT2D eigenvalue weighted by molar-refractivity contribution is -0.120. The van der Waals surface area contributed by atoms with Crippen molar-refractivity contribution in [3.63, 3.8) is 0 Å². The Labute approximate surface area is 180 Å². The van der Waals surface area contributed by atoms with Crippen LogP contribution in [0.25, 0.3) is 5.57 Å². The van der Waals surface area contributed by atoms with Crippen LogP contribution < -0.4 is 9.80 Å². The van der Waals surface area contributed by atoms with Crippen molar-refractivity contribution in [2.75, 3.05) is 16.3 Å². The lowest BCUT2D eigenvalue weighted by Crippen LogP contribution is -2.37. The van der Waals surface area contributed by atoms with Crippen molar-refractivity contribution in [3.05, 3.63) is 87.2 Å². The molecule has 2 aromatic carbocycles. The number of imide groups is 1. The summed E-state index contributed by atoms with van der Waals surface area (Å²) in [5, 5.41) is 1.95. The molecule has 0 unspecified atom stereocenters. The summed E-state index contributed by atoms with van der Waals surface area (Å²) in [6.07, 6.45) is 1.93. The molecule has 0 saturated heterocycles. The monoisotopic (exact) mass is 414 g/mol. The van der Waals surface area contributed by atoms with Crippen LogP contribution in [0.3, 0.4) is 0 Å². The number of amides is 2. The van der Waals surface area contributed by atoms with Crippen molar-refractivity contribution < 1.29 is 9.59 Å². The van der Waals surface area contributed by atoms with Gasteiger partial charge in [0.1, 0.15) is 5.70 Å². The van der Waals surface area contributed by atoms with E-state index in [9.17, 15) is 9.59 Å². The van der Waals surface area contributed by atoms with Gasteiger partial charge in [-0.25, -0.2) is 4.90 Å². The number of benzene rings is 2. The molecule has 30 heavy (non-hydrogen) atoms. The van der Waals surface area contributed by atoms with Crippen molar-refractivity contribution >= 4 is 40.1 Å².